The lowest BCUT2D eigenvalue weighted by molar-refractivity contribution is -0.385. The molecule has 0 unspecified atom stereocenters. The Balaban J connectivity index is 2.19. The molecule has 0 aliphatic carbocycles. The molecule has 0 radical (unpaired) electrons. The quantitative estimate of drug-likeness (QED) is 0.609. The number of ether oxygens (including phenoxy) is 2. The highest BCUT2D eigenvalue weighted by atomic mass is 16.6. The van der Waals surface area contributed by atoms with Crippen LogP contribution in [0.1, 0.15) is 0 Å². The van der Waals surface area contributed by atoms with E-state index in [2.05, 4.69) is 5.32 Å². The van der Waals surface area contributed by atoms with Crippen LogP contribution in [0.2, 0.25) is 0 Å². The molecule has 0 atom stereocenters. The number of nitrogens with one attached hydrogen (secondary N) is 1. The van der Waals surface area contributed by atoms with Gasteiger partial charge in [0.1, 0.15) is 6.10 Å². The third-order valence-electron chi connectivity index (χ3n) is 2.40. The normalized spacial score (nSPS) is 15.3. The van der Waals surface area contributed by atoms with Crippen LogP contribution in [0.4, 0.5) is 5.69 Å². The Morgan fingerprint density at radius 2 is 2.19 bits per heavy atom. The van der Waals surface area contributed by atoms with Crippen LogP contribution in [0, 0.1) is 10.1 Å². The first-order valence-electron chi connectivity index (χ1n) is 4.90. The van der Waals surface area contributed by atoms with E-state index in [0.29, 0.717) is 11.5 Å². The number of hydrogen-bond acceptors (Lipinski definition) is 5. The molecule has 1 aromatic rings. The second-order valence-corrected chi connectivity index (χ2v) is 3.49. The maximum absolute atomic E-state index is 10.6. The Hall–Kier alpha value is -1.82. The molecule has 1 N–H and O–H groups in total. The van der Waals surface area contributed by atoms with Gasteiger partial charge in [0.25, 0.3) is 5.69 Å². The third-order valence-corrected chi connectivity index (χ3v) is 2.40. The average molecular weight is 224 g/mol. The molecule has 1 heterocycles. The van der Waals surface area contributed by atoms with Crippen LogP contribution in [0.25, 0.3) is 0 Å². The molecule has 16 heavy (non-hydrogen) atoms. The van der Waals surface area contributed by atoms with Gasteiger partial charge in [-0.05, 0) is 6.07 Å². The maximum Gasteiger partial charge on any atom is 0.273 e. The summed E-state index contributed by atoms with van der Waals surface area (Å²) < 4.78 is 10.7. The minimum absolute atomic E-state index is 0.00376. The molecular weight excluding hydrogens is 212 g/mol. The molecule has 0 bridgehead atoms. The van der Waals surface area contributed by atoms with Crippen LogP contribution >= 0.6 is 0 Å². The molecular formula is C10H12N2O4. The van der Waals surface area contributed by atoms with E-state index in [1.54, 1.807) is 6.07 Å². The van der Waals surface area contributed by atoms with E-state index in [1.165, 1.54) is 19.2 Å². The van der Waals surface area contributed by atoms with E-state index in [1.807, 2.05) is 0 Å². The zero-order valence-electron chi connectivity index (χ0n) is 8.80. The van der Waals surface area contributed by atoms with Crippen LogP contribution in [0.5, 0.6) is 11.5 Å². The van der Waals surface area contributed by atoms with Crippen molar-refractivity contribution in [2.24, 2.45) is 0 Å². The largest absolute Gasteiger partial charge is 0.493 e. The lowest BCUT2D eigenvalue weighted by Crippen LogP contribution is -2.50. The summed E-state index contributed by atoms with van der Waals surface area (Å²) >= 11 is 0. The van der Waals surface area contributed by atoms with Crippen molar-refractivity contribution in [3.63, 3.8) is 0 Å². The summed E-state index contributed by atoms with van der Waals surface area (Å²) in [7, 11) is 1.46. The van der Waals surface area contributed by atoms with Crippen LogP contribution in [0.3, 0.4) is 0 Å². The molecule has 1 saturated heterocycles. The van der Waals surface area contributed by atoms with Gasteiger partial charge in [-0.25, -0.2) is 0 Å². The zero-order chi connectivity index (χ0) is 11.5. The summed E-state index contributed by atoms with van der Waals surface area (Å²) in [5.74, 6) is 0.931. The molecule has 0 saturated carbocycles. The van der Waals surface area contributed by atoms with Gasteiger partial charge in [0.15, 0.2) is 11.5 Å². The van der Waals surface area contributed by atoms with Crippen molar-refractivity contribution in [2.75, 3.05) is 20.2 Å². The highest BCUT2D eigenvalue weighted by Gasteiger charge is 2.21. The smallest absolute Gasteiger partial charge is 0.273 e. The highest BCUT2D eigenvalue weighted by Crippen LogP contribution is 2.32. The molecule has 1 fully saturated rings. The molecule has 0 amide bonds. The van der Waals surface area contributed by atoms with E-state index < -0.39 is 4.92 Å². The van der Waals surface area contributed by atoms with E-state index in [9.17, 15) is 10.1 Å². The van der Waals surface area contributed by atoms with E-state index in [0.717, 1.165) is 13.1 Å². The van der Waals surface area contributed by atoms with Gasteiger partial charge >= 0.3 is 0 Å². The Morgan fingerprint density at radius 3 is 2.69 bits per heavy atom. The first kappa shape index (κ1) is 10.7. The number of benzene rings is 1. The summed E-state index contributed by atoms with van der Waals surface area (Å²) in [6.45, 7) is 1.58. The molecule has 6 heteroatoms. The van der Waals surface area contributed by atoms with Crippen LogP contribution in [-0.2, 0) is 0 Å². The number of hydrogen-bond donors (Lipinski definition) is 1. The maximum atomic E-state index is 10.6. The lowest BCUT2D eigenvalue weighted by atomic mass is 10.2. The SMILES string of the molecule is COc1cc([N+](=O)[O-])ccc1OC1CNC1. The standard InChI is InChI=1S/C10H12N2O4/c1-15-10-4-7(12(13)14)2-3-9(10)16-8-5-11-6-8/h2-4,8,11H,5-6H2,1H3. The number of methoxy groups -OCH3 is 1. The molecule has 0 aromatic heterocycles. The first-order chi connectivity index (χ1) is 7.70. The minimum atomic E-state index is -0.461. The zero-order valence-corrected chi connectivity index (χ0v) is 8.80. The Labute approximate surface area is 92.3 Å². The van der Waals surface area contributed by atoms with Gasteiger partial charge in [-0.1, -0.05) is 0 Å². The Kier molecular flexibility index (Phi) is 2.91. The lowest BCUT2D eigenvalue weighted by Gasteiger charge is -2.28. The summed E-state index contributed by atoms with van der Waals surface area (Å²) in [6.07, 6.45) is 0.121. The van der Waals surface area contributed by atoms with Gasteiger partial charge in [-0.2, -0.15) is 0 Å². The van der Waals surface area contributed by atoms with Crippen molar-refractivity contribution in [3.05, 3.63) is 28.3 Å². The number of nitro benzene ring substituents is 1. The van der Waals surface area contributed by atoms with Crippen molar-refractivity contribution in [2.45, 2.75) is 6.10 Å². The second kappa shape index (κ2) is 4.36. The van der Waals surface area contributed by atoms with E-state index in [4.69, 9.17) is 9.47 Å². The third kappa shape index (κ3) is 2.06. The van der Waals surface area contributed by atoms with Gasteiger partial charge in [-0.15, -0.1) is 0 Å². The van der Waals surface area contributed by atoms with Gasteiger partial charge < -0.3 is 14.8 Å². The molecule has 1 aliphatic rings. The Bertz CT molecular complexity index is 404. The van der Waals surface area contributed by atoms with Crippen molar-refractivity contribution in [1.82, 2.24) is 5.32 Å². The first-order valence-corrected chi connectivity index (χ1v) is 4.90. The monoisotopic (exact) mass is 224 g/mol. The van der Waals surface area contributed by atoms with Gasteiger partial charge in [0, 0.05) is 19.2 Å². The molecule has 1 aliphatic heterocycles. The number of nitrogens with zero attached hydrogens (tertiary/aromatic N) is 1. The van der Waals surface area contributed by atoms with Crippen LogP contribution < -0.4 is 14.8 Å². The van der Waals surface area contributed by atoms with Crippen LogP contribution in [0.15, 0.2) is 18.2 Å². The fourth-order valence-electron chi connectivity index (χ4n) is 1.39. The van der Waals surface area contributed by atoms with Crippen molar-refractivity contribution >= 4 is 5.69 Å². The summed E-state index contributed by atoms with van der Waals surface area (Å²) in [4.78, 5) is 10.1. The topological polar surface area (TPSA) is 73.6 Å². The summed E-state index contributed by atoms with van der Waals surface area (Å²) in [6, 6.07) is 4.33. The fraction of sp³-hybridized carbons (Fsp3) is 0.400. The Morgan fingerprint density at radius 1 is 1.44 bits per heavy atom. The van der Waals surface area contributed by atoms with E-state index >= 15 is 0 Å². The van der Waals surface area contributed by atoms with Crippen molar-refractivity contribution < 1.29 is 14.4 Å². The summed E-state index contributed by atoms with van der Waals surface area (Å²) in [5, 5.41) is 13.6. The molecule has 2 rings (SSSR count). The minimum Gasteiger partial charge on any atom is -0.493 e. The van der Waals surface area contributed by atoms with Gasteiger partial charge in [-0.3, -0.25) is 10.1 Å². The van der Waals surface area contributed by atoms with Gasteiger partial charge in [0.05, 0.1) is 18.1 Å². The average Bonchev–Trinajstić information content (AvgIpc) is 2.23. The number of non-ortho nitro benzene ring substituents is 1. The fourth-order valence-corrected chi connectivity index (χ4v) is 1.39. The molecule has 0 spiro atoms. The molecule has 6 nitrogen and oxygen atoms in total. The predicted molar refractivity (Wildman–Crippen MR) is 56.9 cm³/mol. The molecule has 86 valence electrons. The summed E-state index contributed by atoms with van der Waals surface area (Å²) in [5.41, 5.74) is -0.00376. The van der Waals surface area contributed by atoms with Crippen LogP contribution in [-0.4, -0.2) is 31.2 Å². The predicted octanol–water partition coefficient (Wildman–Crippen LogP) is 0.954. The number of nitro groups is 1. The number of rotatable bonds is 4. The van der Waals surface area contributed by atoms with Crippen molar-refractivity contribution in [1.29, 1.82) is 0 Å². The van der Waals surface area contributed by atoms with E-state index in [-0.39, 0.29) is 11.8 Å². The second-order valence-electron chi connectivity index (χ2n) is 3.49. The molecule has 1 aromatic carbocycles. The highest BCUT2D eigenvalue weighted by molar-refractivity contribution is 5.48. The van der Waals surface area contributed by atoms with Gasteiger partial charge in [0.2, 0.25) is 0 Å². The van der Waals surface area contributed by atoms with Crippen molar-refractivity contribution in [3.8, 4) is 11.5 Å².